The number of hydrogen-bond acceptors (Lipinski definition) is 3. The molecule has 0 radical (unpaired) electrons. The summed E-state index contributed by atoms with van der Waals surface area (Å²) in [6.07, 6.45) is 9.54. The Morgan fingerprint density at radius 2 is 2.00 bits per heavy atom. The van der Waals surface area contributed by atoms with Crippen LogP contribution in [0.1, 0.15) is 36.2 Å². The summed E-state index contributed by atoms with van der Waals surface area (Å²) in [4.78, 5) is 8.83. The van der Waals surface area contributed by atoms with Crippen molar-refractivity contribution in [1.82, 2.24) is 19.7 Å². The zero-order chi connectivity index (χ0) is 11.7. The van der Waals surface area contributed by atoms with Crippen LogP contribution in [0.3, 0.4) is 0 Å². The quantitative estimate of drug-likeness (QED) is 0.703. The van der Waals surface area contributed by atoms with Crippen molar-refractivity contribution in [3.63, 3.8) is 0 Å². The largest absolute Gasteiger partial charge is 0.241 e. The molecule has 17 heavy (non-hydrogen) atoms. The Bertz CT molecular complexity index is 530. The van der Waals surface area contributed by atoms with E-state index >= 15 is 0 Å². The van der Waals surface area contributed by atoms with Crippen LogP contribution < -0.4 is 0 Å². The highest BCUT2D eigenvalue weighted by Gasteiger charge is 2.15. The maximum Gasteiger partial charge on any atom is 0.160 e. The first-order chi connectivity index (χ1) is 8.34. The van der Waals surface area contributed by atoms with Gasteiger partial charge in [0, 0.05) is 17.5 Å². The summed E-state index contributed by atoms with van der Waals surface area (Å²) in [7, 11) is 0. The van der Waals surface area contributed by atoms with E-state index in [1.807, 2.05) is 23.9 Å². The zero-order valence-corrected chi connectivity index (χ0v) is 10.1. The zero-order valence-electron chi connectivity index (χ0n) is 10.1. The van der Waals surface area contributed by atoms with Gasteiger partial charge < -0.3 is 0 Å². The molecule has 2 heterocycles. The summed E-state index contributed by atoms with van der Waals surface area (Å²) in [5.41, 5.74) is 3.51. The minimum Gasteiger partial charge on any atom is -0.241 e. The van der Waals surface area contributed by atoms with E-state index in [1.165, 1.54) is 30.5 Å². The number of aromatic nitrogens is 4. The Balaban J connectivity index is 2.11. The van der Waals surface area contributed by atoms with E-state index < -0.39 is 0 Å². The van der Waals surface area contributed by atoms with Gasteiger partial charge in [-0.05, 0) is 38.7 Å². The van der Waals surface area contributed by atoms with Crippen molar-refractivity contribution in [3.8, 4) is 5.82 Å². The fraction of sp³-hybridized carbons (Fsp3) is 0.462. The highest BCUT2D eigenvalue weighted by atomic mass is 15.3. The lowest BCUT2D eigenvalue weighted by molar-refractivity contribution is 0.707. The first-order valence-corrected chi connectivity index (χ1v) is 6.20. The fourth-order valence-corrected chi connectivity index (χ4v) is 2.41. The van der Waals surface area contributed by atoms with Gasteiger partial charge in [0.2, 0.25) is 0 Å². The van der Waals surface area contributed by atoms with Crippen LogP contribution in [0, 0.1) is 6.92 Å². The normalized spacial score (nSPS) is 15.4. The van der Waals surface area contributed by atoms with Gasteiger partial charge >= 0.3 is 0 Å². The minimum absolute atomic E-state index is 0.963. The summed E-state index contributed by atoms with van der Waals surface area (Å²) in [6.45, 7) is 2.00. The number of aryl methyl sites for hydroxylation is 2. The molecule has 0 fully saturated rings. The Labute approximate surface area is 101 Å². The molecule has 0 amide bonds. The molecule has 2 aromatic heterocycles. The third-order valence-corrected chi connectivity index (χ3v) is 3.29. The molecular weight excluding hydrogens is 212 g/mol. The Kier molecular flexibility index (Phi) is 2.63. The van der Waals surface area contributed by atoms with Crippen molar-refractivity contribution in [3.05, 3.63) is 35.5 Å². The van der Waals surface area contributed by atoms with Crippen LogP contribution >= 0.6 is 0 Å². The first kappa shape index (κ1) is 10.4. The minimum atomic E-state index is 0.963. The average Bonchev–Trinajstić information content (AvgIpc) is 2.63. The molecule has 4 nitrogen and oxygen atoms in total. The topological polar surface area (TPSA) is 43.6 Å². The van der Waals surface area contributed by atoms with Gasteiger partial charge in [0.15, 0.2) is 5.82 Å². The van der Waals surface area contributed by atoms with Gasteiger partial charge in [0.1, 0.15) is 6.33 Å². The summed E-state index contributed by atoms with van der Waals surface area (Å²) in [6, 6.07) is 2.01. The third-order valence-electron chi connectivity index (χ3n) is 3.29. The number of fused-ring (bicyclic) bond motifs is 1. The summed E-state index contributed by atoms with van der Waals surface area (Å²) < 4.78 is 1.88. The molecule has 88 valence electrons. The van der Waals surface area contributed by atoms with Gasteiger partial charge in [-0.15, -0.1) is 0 Å². The maximum absolute atomic E-state index is 4.45. The molecule has 0 aromatic carbocycles. The summed E-state index contributed by atoms with van der Waals surface area (Å²) in [5, 5.41) is 4.45. The van der Waals surface area contributed by atoms with Crippen LogP contribution in [0.5, 0.6) is 0 Å². The van der Waals surface area contributed by atoms with Gasteiger partial charge in [-0.3, -0.25) is 0 Å². The predicted molar refractivity (Wildman–Crippen MR) is 65.2 cm³/mol. The monoisotopic (exact) mass is 228 g/mol. The van der Waals surface area contributed by atoms with Crippen molar-refractivity contribution in [2.75, 3.05) is 0 Å². The maximum atomic E-state index is 4.45. The van der Waals surface area contributed by atoms with Gasteiger partial charge in [-0.25, -0.2) is 14.6 Å². The first-order valence-electron chi connectivity index (χ1n) is 6.20. The van der Waals surface area contributed by atoms with Crippen LogP contribution in [0.15, 0.2) is 18.6 Å². The van der Waals surface area contributed by atoms with E-state index in [1.54, 1.807) is 6.33 Å². The van der Waals surface area contributed by atoms with Crippen LogP contribution in [-0.4, -0.2) is 19.7 Å². The number of hydrogen-bond donors (Lipinski definition) is 0. The van der Waals surface area contributed by atoms with Crippen molar-refractivity contribution in [2.24, 2.45) is 0 Å². The van der Waals surface area contributed by atoms with Gasteiger partial charge in [-0.1, -0.05) is 6.42 Å². The molecule has 0 saturated carbocycles. The fourth-order valence-electron chi connectivity index (χ4n) is 2.41. The van der Waals surface area contributed by atoms with Crippen LogP contribution in [-0.2, 0) is 12.8 Å². The molecule has 0 atom stereocenters. The molecule has 0 bridgehead atoms. The molecule has 0 N–H and O–H groups in total. The molecular formula is C13H16N4. The Hall–Kier alpha value is -1.71. The average molecular weight is 228 g/mol. The lowest BCUT2D eigenvalue weighted by atomic mass is 10.1. The third kappa shape index (κ3) is 1.95. The van der Waals surface area contributed by atoms with Gasteiger partial charge in [0.25, 0.3) is 0 Å². The van der Waals surface area contributed by atoms with Crippen molar-refractivity contribution >= 4 is 0 Å². The Morgan fingerprint density at radius 3 is 2.82 bits per heavy atom. The number of nitrogens with zero attached hydrogens (tertiary/aromatic N) is 4. The van der Waals surface area contributed by atoms with E-state index in [0.717, 1.165) is 24.4 Å². The molecule has 1 aliphatic carbocycles. The second kappa shape index (κ2) is 4.28. The lowest BCUT2D eigenvalue weighted by Gasteiger charge is -2.09. The predicted octanol–water partition coefficient (Wildman–Crippen LogP) is 2.24. The molecule has 0 aliphatic heterocycles. The van der Waals surface area contributed by atoms with E-state index in [2.05, 4.69) is 15.1 Å². The van der Waals surface area contributed by atoms with Gasteiger partial charge in [-0.2, -0.15) is 5.10 Å². The summed E-state index contributed by atoms with van der Waals surface area (Å²) in [5.74, 6) is 0.963. The second-order valence-electron chi connectivity index (χ2n) is 4.58. The number of rotatable bonds is 1. The van der Waals surface area contributed by atoms with Crippen molar-refractivity contribution in [1.29, 1.82) is 0 Å². The van der Waals surface area contributed by atoms with E-state index in [0.29, 0.717) is 0 Å². The SMILES string of the molecule is Cc1ccn(-c2ncnc3c2CCCCC3)n1. The molecule has 1 aliphatic rings. The lowest BCUT2D eigenvalue weighted by Crippen LogP contribution is -2.07. The molecule has 3 rings (SSSR count). The molecule has 0 unspecified atom stereocenters. The van der Waals surface area contributed by atoms with E-state index in [4.69, 9.17) is 0 Å². The smallest absolute Gasteiger partial charge is 0.160 e. The highest BCUT2D eigenvalue weighted by Crippen LogP contribution is 2.22. The van der Waals surface area contributed by atoms with Gasteiger partial charge in [0.05, 0.1) is 5.69 Å². The van der Waals surface area contributed by atoms with Crippen molar-refractivity contribution < 1.29 is 0 Å². The van der Waals surface area contributed by atoms with Crippen LogP contribution in [0.4, 0.5) is 0 Å². The molecule has 4 heteroatoms. The second-order valence-corrected chi connectivity index (χ2v) is 4.58. The van der Waals surface area contributed by atoms with E-state index in [-0.39, 0.29) is 0 Å². The highest BCUT2D eigenvalue weighted by molar-refractivity contribution is 5.37. The summed E-state index contributed by atoms with van der Waals surface area (Å²) >= 11 is 0. The Morgan fingerprint density at radius 1 is 1.12 bits per heavy atom. The standard InChI is InChI=1S/C13H16N4/c1-10-7-8-17(16-10)13-11-5-3-2-4-6-12(11)14-9-15-13/h7-9H,2-6H2,1H3. The molecule has 2 aromatic rings. The molecule has 0 spiro atoms. The van der Waals surface area contributed by atoms with Crippen molar-refractivity contribution in [2.45, 2.75) is 39.0 Å². The van der Waals surface area contributed by atoms with Crippen LogP contribution in [0.25, 0.3) is 5.82 Å². The molecule has 0 saturated heterocycles. The van der Waals surface area contributed by atoms with E-state index in [9.17, 15) is 0 Å². The van der Waals surface area contributed by atoms with Crippen LogP contribution in [0.2, 0.25) is 0 Å².